The average molecular weight is 340 g/mol. The van der Waals surface area contributed by atoms with E-state index in [1.54, 1.807) is 0 Å². The molecule has 23 heavy (non-hydrogen) atoms. The lowest BCUT2D eigenvalue weighted by atomic mass is 10.1. The summed E-state index contributed by atoms with van der Waals surface area (Å²) in [6, 6.07) is 7.10. The fourth-order valence-electron chi connectivity index (χ4n) is 2.20. The highest BCUT2D eigenvalue weighted by molar-refractivity contribution is 6.17. The van der Waals surface area contributed by atoms with Gasteiger partial charge in [0, 0.05) is 35.9 Å². The Hall–Kier alpha value is -2.01. The maximum absolute atomic E-state index is 9.91. The number of ether oxygens (including phenoxy) is 2. The van der Waals surface area contributed by atoms with Crippen molar-refractivity contribution in [2.24, 2.45) is 0 Å². The predicted molar refractivity (Wildman–Crippen MR) is 89.8 cm³/mol. The van der Waals surface area contributed by atoms with Crippen molar-refractivity contribution in [2.75, 3.05) is 13.2 Å². The highest BCUT2D eigenvalue weighted by atomic mass is 35.5. The van der Waals surface area contributed by atoms with Crippen molar-refractivity contribution in [3.05, 3.63) is 35.4 Å². The van der Waals surface area contributed by atoms with Crippen LogP contribution in [-0.2, 0) is 6.42 Å². The number of aromatic nitrogens is 1. The van der Waals surface area contributed by atoms with Crippen LogP contribution < -0.4 is 9.47 Å². The van der Waals surface area contributed by atoms with Crippen molar-refractivity contribution >= 4 is 11.8 Å². The number of halogens is 1. The molecule has 2 rings (SSSR count). The summed E-state index contributed by atoms with van der Waals surface area (Å²) in [6.07, 6.45) is 2.24. The van der Waals surface area contributed by atoms with Crippen molar-refractivity contribution in [1.29, 1.82) is 0 Å². The average Bonchev–Trinajstić information content (AvgIpc) is 2.78. The van der Waals surface area contributed by atoms with Gasteiger partial charge < -0.3 is 19.7 Å². The second-order valence-corrected chi connectivity index (χ2v) is 5.66. The summed E-state index contributed by atoms with van der Waals surface area (Å²) in [5.74, 6) is 1.09. The molecule has 0 fully saturated rings. The Kier molecular flexibility index (Phi) is 6.04. The van der Waals surface area contributed by atoms with Crippen molar-refractivity contribution in [1.82, 2.24) is 4.09 Å². The first kappa shape index (κ1) is 17.3. The van der Waals surface area contributed by atoms with Gasteiger partial charge in [-0.3, -0.25) is 0 Å². The molecule has 126 valence electrons. The van der Waals surface area contributed by atoms with Gasteiger partial charge in [-0.05, 0) is 30.5 Å². The summed E-state index contributed by atoms with van der Waals surface area (Å²) < 4.78 is 12.2. The van der Waals surface area contributed by atoms with E-state index in [0.717, 1.165) is 34.0 Å². The molecular weight excluding hydrogens is 318 g/mol. The number of rotatable bonds is 8. The zero-order valence-electron chi connectivity index (χ0n) is 13.4. The normalized spacial score (nSPS) is 10.7. The van der Waals surface area contributed by atoms with Gasteiger partial charge in [0.2, 0.25) is 11.8 Å². The van der Waals surface area contributed by atoms with Gasteiger partial charge in [0.15, 0.2) is 0 Å². The largest absolute Gasteiger partial charge is 0.494 e. The molecular formula is C17H22ClNO4. The summed E-state index contributed by atoms with van der Waals surface area (Å²) in [5, 5.41) is 19.5. The van der Waals surface area contributed by atoms with Crippen LogP contribution in [0.15, 0.2) is 24.3 Å². The molecule has 0 aliphatic rings. The van der Waals surface area contributed by atoms with Crippen LogP contribution in [0.1, 0.15) is 37.8 Å². The van der Waals surface area contributed by atoms with E-state index >= 15 is 0 Å². The standard InChI is InChI=1S/C17H22ClNO4/c1-3-5-22-14-8-12(9-15(11-14)23-6-4-2)7-13-10-16(20)19(18)17(13)21/h8-11,20-21H,3-7H2,1-2H3. The maximum Gasteiger partial charge on any atom is 0.212 e. The van der Waals surface area contributed by atoms with Gasteiger partial charge in [0.1, 0.15) is 11.5 Å². The topological polar surface area (TPSA) is 63.9 Å². The van der Waals surface area contributed by atoms with Crippen LogP contribution in [0, 0.1) is 0 Å². The number of hydrogen-bond donors (Lipinski definition) is 2. The molecule has 0 spiro atoms. The van der Waals surface area contributed by atoms with Crippen LogP contribution in [0.2, 0.25) is 0 Å². The van der Waals surface area contributed by atoms with Crippen LogP contribution >= 0.6 is 11.8 Å². The van der Waals surface area contributed by atoms with Gasteiger partial charge in [0.05, 0.1) is 13.2 Å². The zero-order valence-corrected chi connectivity index (χ0v) is 14.1. The monoisotopic (exact) mass is 339 g/mol. The highest BCUT2D eigenvalue weighted by Crippen LogP contribution is 2.32. The van der Waals surface area contributed by atoms with E-state index in [2.05, 4.69) is 0 Å². The van der Waals surface area contributed by atoms with Crippen molar-refractivity contribution in [2.45, 2.75) is 33.1 Å². The second-order valence-electron chi connectivity index (χ2n) is 5.32. The van der Waals surface area contributed by atoms with Crippen LogP contribution in [0.5, 0.6) is 23.3 Å². The lowest BCUT2D eigenvalue weighted by Crippen LogP contribution is -2.00. The smallest absolute Gasteiger partial charge is 0.212 e. The molecule has 0 aliphatic heterocycles. The first-order chi connectivity index (χ1) is 11.0. The molecule has 5 nitrogen and oxygen atoms in total. The number of aromatic hydroxyl groups is 2. The summed E-state index contributed by atoms with van der Waals surface area (Å²) >= 11 is 5.73. The van der Waals surface area contributed by atoms with Crippen LogP contribution in [0.3, 0.4) is 0 Å². The van der Waals surface area contributed by atoms with E-state index in [4.69, 9.17) is 21.3 Å². The molecule has 0 amide bonds. The summed E-state index contributed by atoms with van der Waals surface area (Å²) in [6.45, 7) is 5.34. The van der Waals surface area contributed by atoms with Gasteiger partial charge in [-0.25, -0.2) is 0 Å². The molecule has 0 aliphatic carbocycles. The molecule has 1 heterocycles. The molecule has 0 bridgehead atoms. The predicted octanol–water partition coefficient (Wildman–Crippen LogP) is 4.07. The Morgan fingerprint density at radius 1 is 0.957 bits per heavy atom. The number of benzene rings is 1. The molecule has 0 saturated carbocycles. The van der Waals surface area contributed by atoms with Crippen LogP contribution in [-0.4, -0.2) is 27.5 Å². The molecule has 2 aromatic rings. The fourth-order valence-corrected chi connectivity index (χ4v) is 2.36. The fraction of sp³-hybridized carbons (Fsp3) is 0.412. The molecule has 0 atom stereocenters. The molecule has 0 saturated heterocycles. The van der Waals surface area contributed by atoms with E-state index < -0.39 is 0 Å². The lowest BCUT2D eigenvalue weighted by Gasteiger charge is -2.11. The minimum absolute atomic E-state index is 0.167. The third-order valence-corrected chi connectivity index (χ3v) is 3.59. The molecule has 6 heteroatoms. The lowest BCUT2D eigenvalue weighted by molar-refractivity contribution is 0.301. The van der Waals surface area contributed by atoms with E-state index in [1.807, 2.05) is 32.0 Å². The van der Waals surface area contributed by atoms with Gasteiger partial charge in [-0.2, -0.15) is 4.09 Å². The zero-order chi connectivity index (χ0) is 16.8. The van der Waals surface area contributed by atoms with Crippen LogP contribution in [0.25, 0.3) is 0 Å². The minimum Gasteiger partial charge on any atom is -0.494 e. The van der Waals surface area contributed by atoms with Crippen LogP contribution in [0.4, 0.5) is 0 Å². The molecule has 1 aromatic heterocycles. The maximum atomic E-state index is 9.91. The first-order valence-electron chi connectivity index (χ1n) is 7.73. The molecule has 0 radical (unpaired) electrons. The van der Waals surface area contributed by atoms with Gasteiger partial charge >= 0.3 is 0 Å². The summed E-state index contributed by atoms with van der Waals surface area (Å²) in [7, 11) is 0. The quantitative estimate of drug-likeness (QED) is 0.761. The summed E-state index contributed by atoms with van der Waals surface area (Å²) in [5.41, 5.74) is 1.44. The Morgan fingerprint density at radius 2 is 1.52 bits per heavy atom. The Labute approximate surface area is 141 Å². The first-order valence-corrected chi connectivity index (χ1v) is 8.07. The number of hydrogen-bond acceptors (Lipinski definition) is 4. The van der Waals surface area contributed by atoms with Crippen molar-refractivity contribution < 1.29 is 19.7 Å². The number of nitrogens with zero attached hydrogens (tertiary/aromatic N) is 1. The van der Waals surface area contributed by atoms with Crippen molar-refractivity contribution in [3.63, 3.8) is 0 Å². The van der Waals surface area contributed by atoms with E-state index in [9.17, 15) is 10.2 Å². The van der Waals surface area contributed by atoms with Crippen molar-refractivity contribution in [3.8, 4) is 23.3 Å². The SMILES string of the molecule is CCCOc1cc(Cc2cc(O)n(Cl)c2O)cc(OCCC)c1. The van der Waals surface area contributed by atoms with E-state index in [-0.39, 0.29) is 11.8 Å². The van der Waals surface area contributed by atoms with Gasteiger partial charge in [-0.1, -0.05) is 13.8 Å². The Morgan fingerprint density at radius 3 is 1.96 bits per heavy atom. The van der Waals surface area contributed by atoms with Gasteiger partial charge in [-0.15, -0.1) is 0 Å². The van der Waals surface area contributed by atoms with E-state index in [0.29, 0.717) is 25.2 Å². The third-order valence-electron chi connectivity index (χ3n) is 3.26. The highest BCUT2D eigenvalue weighted by Gasteiger charge is 2.14. The third kappa shape index (κ3) is 4.48. The molecule has 1 aromatic carbocycles. The minimum atomic E-state index is -0.194. The Bertz CT molecular complexity index is 628. The van der Waals surface area contributed by atoms with Gasteiger partial charge in [0.25, 0.3) is 0 Å². The summed E-state index contributed by atoms with van der Waals surface area (Å²) in [4.78, 5) is 0. The van der Waals surface area contributed by atoms with E-state index in [1.165, 1.54) is 6.07 Å². The Balaban J connectivity index is 2.26. The second kappa shape index (κ2) is 8.02. The molecule has 0 unspecified atom stereocenters. The molecule has 2 N–H and O–H groups in total.